The van der Waals surface area contributed by atoms with Crippen LogP contribution in [0, 0.1) is 6.92 Å². The highest BCUT2D eigenvalue weighted by atomic mass is 32.2. The van der Waals surface area contributed by atoms with Gasteiger partial charge in [0.2, 0.25) is 0 Å². The maximum Gasteiger partial charge on any atom is 0.287 e. The molecule has 1 aliphatic rings. The summed E-state index contributed by atoms with van der Waals surface area (Å²) in [6.07, 6.45) is 4.47. The normalized spacial score (nSPS) is 15.5. The number of sulfone groups is 1. The third-order valence-electron chi connectivity index (χ3n) is 5.73. The average molecular weight is 412 g/mol. The minimum Gasteiger partial charge on any atom is -0.451 e. The number of amides is 1. The fourth-order valence-electron chi connectivity index (χ4n) is 4.02. The monoisotopic (exact) mass is 411 g/mol. The van der Waals surface area contributed by atoms with E-state index in [2.05, 4.69) is 5.32 Å². The van der Waals surface area contributed by atoms with Crippen LogP contribution in [0.5, 0.6) is 0 Å². The number of furan rings is 1. The lowest BCUT2D eigenvalue weighted by Crippen LogP contribution is -2.24. The fourth-order valence-corrected chi connectivity index (χ4v) is 5.90. The molecule has 1 N–H and O–H groups in total. The fraction of sp³-hybridized carbons (Fsp3) is 0.348. The molecule has 1 heterocycles. The van der Waals surface area contributed by atoms with E-state index in [1.807, 2.05) is 30.3 Å². The van der Waals surface area contributed by atoms with Crippen LogP contribution in [0.1, 0.15) is 53.8 Å². The van der Waals surface area contributed by atoms with Gasteiger partial charge < -0.3 is 9.73 Å². The third-order valence-corrected chi connectivity index (χ3v) is 7.99. The van der Waals surface area contributed by atoms with Crippen molar-refractivity contribution in [3.05, 3.63) is 65.4 Å². The van der Waals surface area contributed by atoms with Crippen molar-refractivity contribution in [1.29, 1.82) is 0 Å². The van der Waals surface area contributed by atoms with E-state index < -0.39 is 9.84 Å². The number of hydrogen-bond acceptors (Lipinski definition) is 4. The Labute approximate surface area is 171 Å². The zero-order valence-electron chi connectivity index (χ0n) is 16.5. The van der Waals surface area contributed by atoms with E-state index in [1.165, 1.54) is 0 Å². The Morgan fingerprint density at radius 1 is 1.07 bits per heavy atom. The van der Waals surface area contributed by atoms with Crippen molar-refractivity contribution in [2.45, 2.75) is 55.7 Å². The van der Waals surface area contributed by atoms with Gasteiger partial charge >= 0.3 is 0 Å². The highest BCUT2D eigenvalue weighted by molar-refractivity contribution is 7.92. The Morgan fingerprint density at radius 2 is 1.79 bits per heavy atom. The first kappa shape index (κ1) is 19.7. The summed E-state index contributed by atoms with van der Waals surface area (Å²) in [6.45, 7) is 2.19. The number of fused-ring (bicyclic) bond motifs is 1. The topological polar surface area (TPSA) is 76.4 Å². The van der Waals surface area contributed by atoms with Gasteiger partial charge in [0, 0.05) is 17.5 Å². The molecule has 152 valence electrons. The summed E-state index contributed by atoms with van der Waals surface area (Å²) in [6, 6.07) is 14.6. The van der Waals surface area contributed by atoms with Gasteiger partial charge in [-0.3, -0.25) is 4.79 Å². The molecular formula is C23H25NO4S. The number of carbonyl (C=O) groups excluding carboxylic acids is 1. The minimum atomic E-state index is -3.37. The molecule has 0 radical (unpaired) electrons. The Kier molecular flexibility index (Phi) is 5.46. The largest absolute Gasteiger partial charge is 0.451 e. The van der Waals surface area contributed by atoms with Crippen molar-refractivity contribution in [2.75, 3.05) is 0 Å². The van der Waals surface area contributed by atoms with Gasteiger partial charge in [-0.2, -0.15) is 0 Å². The number of benzene rings is 2. The second-order valence-electron chi connectivity index (χ2n) is 7.69. The van der Waals surface area contributed by atoms with Crippen molar-refractivity contribution in [3.63, 3.8) is 0 Å². The summed E-state index contributed by atoms with van der Waals surface area (Å²) in [5.41, 5.74) is 2.18. The van der Waals surface area contributed by atoms with Crippen molar-refractivity contribution in [2.24, 2.45) is 0 Å². The molecule has 0 aliphatic heterocycles. The van der Waals surface area contributed by atoms with Gasteiger partial charge in [0.25, 0.3) is 5.91 Å². The SMILES string of the molecule is Cc1c(C(=O)NCc2ccccc2)oc2ccc(S(=O)(=O)C3CCCCC3)cc12. The van der Waals surface area contributed by atoms with Crippen LogP contribution in [0.15, 0.2) is 57.8 Å². The molecule has 1 saturated carbocycles. The summed E-state index contributed by atoms with van der Waals surface area (Å²) in [5, 5.41) is 3.22. The number of rotatable bonds is 5. The molecule has 29 heavy (non-hydrogen) atoms. The molecule has 0 spiro atoms. The molecule has 0 atom stereocenters. The van der Waals surface area contributed by atoms with Crippen LogP contribution in [0.25, 0.3) is 11.0 Å². The maximum absolute atomic E-state index is 13.0. The highest BCUT2D eigenvalue weighted by Gasteiger charge is 2.29. The summed E-state index contributed by atoms with van der Waals surface area (Å²) < 4.78 is 31.8. The molecule has 1 aliphatic carbocycles. The molecule has 1 fully saturated rings. The summed E-state index contributed by atoms with van der Waals surface area (Å²) in [4.78, 5) is 12.9. The quantitative estimate of drug-likeness (QED) is 0.656. The standard InChI is InChI=1S/C23H25NO4S/c1-16-20-14-19(29(26,27)18-10-6-3-7-11-18)12-13-21(20)28-22(16)23(25)24-15-17-8-4-2-5-9-17/h2,4-5,8-9,12-14,18H,3,6-7,10-11,15H2,1H3,(H,24,25). The zero-order chi connectivity index (χ0) is 20.4. The summed E-state index contributed by atoms with van der Waals surface area (Å²) in [5.74, 6) is -0.0811. The van der Waals surface area contributed by atoms with Crippen molar-refractivity contribution >= 4 is 26.7 Å². The number of nitrogens with one attached hydrogen (secondary N) is 1. The molecule has 5 nitrogen and oxygen atoms in total. The Bertz CT molecular complexity index is 1130. The van der Waals surface area contributed by atoms with E-state index in [9.17, 15) is 13.2 Å². The van der Waals surface area contributed by atoms with Crippen LogP contribution in [0.2, 0.25) is 0 Å². The Morgan fingerprint density at radius 3 is 2.52 bits per heavy atom. The van der Waals surface area contributed by atoms with Crippen LogP contribution in [0.4, 0.5) is 0 Å². The molecule has 4 rings (SSSR count). The lowest BCUT2D eigenvalue weighted by atomic mass is 10.0. The first-order chi connectivity index (χ1) is 14.0. The van der Waals surface area contributed by atoms with Crippen LogP contribution >= 0.6 is 0 Å². The first-order valence-corrected chi connectivity index (χ1v) is 11.6. The predicted octanol–water partition coefficient (Wildman–Crippen LogP) is 4.78. The van der Waals surface area contributed by atoms with Crippen LogP contribution in [-0.2, 0) is 16.4 Å². The third kappa shape index (κ3) is 3.94. The van der Waals surface area contributed by atoms with Gasteiger partial charge in [-0.05, 0) is 43.5 Å². The van der Waals surface area contributed by atoms with Crippen LogP contribution < -0.4 is 5.32 Å². The second kappa shape index (κ2) is 8.03. The number of aryl methyl sites for hydroxylation is 1. The van der Waals surface area contributed by atoms with E-state index in [4.69, 9.17) is 4.42 Å². The molecule has 3 aromatic rings. The Hall–Kier alpha value is -2.60. The first-order valence-electron chi connectivity index (χ1n) is 10.1. The lowest BCUT2D eigenvalue weighted by Gasteiger charge is -2.21. The summed E-state index contributed by atoms with van der Waals surface area (Å²) >= 11 is 0. The van der Waals surface area contributed by atoms with Crippen LogP contribution in [0.3, 0.4) is 0 Å². The van der Waals surface area contributed by atoms with E-state index in [0.717, 1.165) is 37.7 Å². The smallest absolute Gasteiger partial charge is 0.287 e. The van der Waals surface area contributed by atoms with Crippen molar-refractivity contribution in [1.82, 2.24) is 5.32 Å². The van der Waals surface area contributed by atoms with Gasteiger partial charge in [0.15, 0.2) is 15.6 Å². The minimum absolute atomic E-state index is 0.225. The van der Waals surface area contributed by atoms with Gasteiger partial charge in [-0.1, -0.05) is 49.6 Å². The van der Waals surface area contributed by atoms with E-state index in [1.54, 1.807) is 25.1 Å². The van der Waals surface area contributed by atoms with E-state index >= 15 is 0 Å². The molecule has 0 unspecified atom stereocenters. The van der Waals surface area contributed by atoms with Crippen LogP contribution in [-0.4, -0.2) is 19.6 Å². The number of hydrogen-bond donors (Lipinski definition) is 1. The molecule has 0 saturated heterocycles. The second-order valence-corrected chi connectivity index (χ2v) is 9.92. The van der Waals surface area contributed by atoms with Gasteiger partial charge in [-0.25, -0.2) is 8.42 Å². The highest BCUT2D eigenvalue weighted by Crippen LogP contribution is 2.32. The lowest BCUT2D eigenvalue weighted by molar-refractivity contribution is 0.0924. The molecule has 1 amide bonds. The predicted molar refractivity (Wildman–Crippen MR) is 113 cm³/mol. The summed E-state index contributed by atoms with van der Waals surface area (Å²) in [7, 11) is -3.37. The van der Waals surface area contributed by atoms with E-state index in [-0.39, 0.29) is 16.9 Å². The van der Waals surface area contributed by atoms with Gasteiger partial charge in [-0.15, -0.1) is 0 Å². The maximum atomic E-state index is 13.0. The molecular weight excluding hydrogens is 386 g/mol. The van der Waals surface area contributed by atoms with Crippen molar-refractivity contribution in [3.8, 4) is 0 Å². The molecule has 2 aromatic carbocycles. The van der Waals surface area contributed by atoms with E-state index in [0.29, 0.717) is 28.0 Å². The Balaban J connectivity index is 1.59. The molecule has 6 heteroatoms. The zero-order valence-corrected chi connectivity index (χ0v) is 17.3. The molecule has 1 aromatic heterocycles. The average Bonchev–Trinajstić information content (AvgIpc) is 3.09. The van der Waals surface area contributed by atoms with Gasteiger partial charge in [0.05, 0.1) is 10.1 Å². The molecule has 0 bridgehead atoms. The van der Waals surface area contributed by atoms with Crippen molar-refractivity contribution < 1.29 is 17.6 Å². The number of carbonyl (C=O) groups is 1. The van der Waals surface area contributed by atoms with Gasteiger partial charge in [0.1, 0.15) is 5.58 Å².